The van der Waals surface area contributed by atoms with Gasteiger partial charge in [-0.2, -0.15) is 4.31 Å². The normalized spacial score (nSPS) is 13.6. The van der Waals surface area contributed by atoms with Crippen molar-refractivity contribution in [1.29, 1.82) is 0 Å². The lowest BCUT2D eigenvalue weighted by atomic mass is 10.3. The Morgan fingerprint density at radius 1 is 1.29 bits per heavy atom. The summed E-state index contributed by atoms with van der Waals surface area (Å²) < 4.78 is 27.3. The summed E-state index contributed by atoms with van der Waals surface area (Å²) in [7, 11) is -1.97. The largest absolute Gasteiger partial charge is 0.398 e. The van der Waals surface area contributed by atoms with Gasteiger partial charge < -0.3 is 5.73 Å². The maximum Gasteiger partial charge on any atom is 0.243 e. The van der Waals surface area contributed by atoms with E-state index in [1.807, 2.05) is 26.0 Å². The molecule has 0 aliphatic heterocycles. The summed E-state index contributed by atoms with van der Waals surface area (Å²) in [6.45, 7) is 3.89. The van der Waals surface area contributed by atoms with Crippen LogP contribution in [0.4, 0.5) is 5.69 Å². The zero-order valence-electron chi connectivity index (χ0n) is 12.0. The molecule has 1 aromatic heterocycles. The Morgan fingerprint density at radius 2 is 1.95 bits per heavy atom. The second-order valence-corrected chi connectivity index (χ2v) is 9.00. The van der Waals surface area contributed by atoms with Crippen molar-refractivity contribution in [3.8, 4) is 0 Å². The van der Waals surface area contributed by atoms with E-state index < -0.39 is 10.0 Å². The minimum absolute atomic E-state index is 0.218. The summed E-state index contributed by atoms with van der Waals surface area (Å²) in [5.74, 6) is 0. The number of hydrogen-bond donors (Lipinski definition) is 1. The van der Waals surface area contributed by atoms with E-state index in [1.54, 1.807) is 24.5 Å². The zero-order chi connectivity index (χ0) is 15.8. The van der Waals surface area contributed by atoms with E-state index in [1.165, 1.54) is 16.4 Å². The van der Waals surface area contributed by atoms with Crippen LogP contribution in [0, 0.1) is 6.92 Å². The lowest BCUT2D eigenvalue weighted by molar-refractivity contribution is 0.403. The standard InChI is InChI=1S/C14H17BrN2O2S2/c1-9-4-7-14(20-9)10(2)17(3)21(18,19)11-5-6-13(16)12(15)8-11/h4-8,10H,16H2,1-3H3. The fourth-order valence-electron chi connectivity index (χ4n) is 1.90. The van der Waals surface area contributed by atoms with Crippen LogP contribution >= 0.6 is 27.3 Å². The number of hydrogen-bond acceptors (Lipinski definition) is 4. The second-order valence-electron chi connectivity index (χ2n) is 4.83. The molecule has 2 N–H and O–H groups in total. The molecule has 0 fully saturated rings. The molecule has 0 amide bonds. The molecule has 2 aromatic rings. The average Bonchev–Trinajstić information content (AvgIpc) is 2.86. The number of halogens is 1. The average molecular weight is 389 g/mol. The summed E-state index contributed by atoms with van der Waals surface area (Å²) >= 11 is 4.87. The van der Waals surface area contributed by atoms with E-state index in [2.05, 4.69) is 15.9 Å². The highest BCUT2D eigenvalue weighted by Gasteiger charge is 2.27. The molecule has 21 heavy (non-hydrogen) atoms. The van der Waals surface area contributed by atoms with Crippen LogP contribution in [0.3, 0.4) is 0 Å². The van der Waals surface area contributed by atoms with Crippen LogP contribution in [0.15, 0.2) is 39.7 Å². The molecule has 114 valence electrons. The predicted octanol–water partition coefficient (Wildman–Crippen LogP) is 3.78. The van der Waals surface area contributed by atoms with Crippen LogP contribution in [-0.2, 0) is 10.0 Å². The Balaban J connectivity index is 2.36. The molecule has 0 bridgehead atoms. The summed E-state index contributed by atoms with van der Waals surface area (Å²) in [6, 6.07) is 8.40. The number of thiophene rings is 1. The van der Waals surface area contributed by atoms with E-state index in [-0.39, 0.29) is 10.9 Å². The quantitative estimate of drug-likeness (QED) is 0.810. The molecule has 0 aliphatic rings. The van der Waals surface area contributed by atoms with Crippen molar-refractivity contribution in [2.75, 3.05) is 12.8 Å². The molecule has 0 aliphatic carbocycles. The van der Waals surface area contributed by atoms with Crippen LogP contribution in [0.25, 0.3) is 0 Å². The first-order valence-corrected chi connectivity index (χ1v) is 9.38. The zero-order valence-corrected chi connectivity index (χ0v) is 15.2. The first-order valence-electron chi connectivity index (χ1n) is 6.33. The molecule has 2 rings (SSSR count). The third-order valence-electron chi connectivity index (χ3n) is 3.37. The third-order valence-corrected chi connectivity index (χ3v) is 7.15. The van der Waals surface area contributed by atoms with Gasteiger partial charge in [0.05, 0.1) is 10.9 Å². The number of nitrogens with zero attached hydrogens (tertiary/aromatic N) is 1. The highest BCUT2D eigenvalue weighted by Crippen LogP contribution is 2.31. The fraction of sp³-hybridized carbons (Fsp3) is 0.286. The first kappa shape index (κ1) is 16.5. The Hall–Kier alpha value is -0.890. The van der Waals surface area contributed by atoms with Gasteiger partial charge in [-0.05, 0) is 60.1 Å². The lowest BCUT2D eigenvalue weighted by Gasteiger charge is -2.23. The molecule has 1 unspecified atom stereocenters. The molecule has 0 saturated heterocycles. The first-order chi connectivity index (χ1) is 9.73. The molecule has 0 radical (unpaired) electrons. The van der Waals surface area contributed by atoms with Gasteiger partial charge in [0.15, 0.2) is 0 Å². The third kappa shape index (κ3) is 3.31. The highest BCUT2D eigenvalue weighted by atomic mass is 79.9. The smallest absolute Gasteiger partial charge is 0.243 e. The molecule has 0 saturated carbocycles. The number of sulfonamides is 1. The van der Waals surface area contributed by atoms with Gasteiger partial charge in [0.25, 0.3) is 0 Å². The van der Waals surface area contributed by atoms with Crippen molar-refractivity contribution < 1.29 is 8.42 Å². The number of benzene rings is 1. The predicted molar refractivity (Wildman–Crippen MR) is 91.0 cm³/mol. The van der Waals surface area contributed by atoms with E-state index in [0.29, 0.717) is 10.2 Å². The van der Waals surface area contributed by atoms with Gasteiger partial charge in [-0.15, -0.1) is 11.3 Å². The minimum Gasteiger partial charge on any atom is -0.398 e. The van der Waals surface area contributed by atoms with Crippen molar-refractivity contribution in [2.24, 2.45) is 0 Å². The number of rotatable bonds is 4. The van der Waals surface area contributed by atoms with Gasteiger partial charge in [0.2, 0.25) is 10.0 Å². The molecular formula is C14H17BrN2O2S2. The number of nitrogen functional groups attached to an aromatic ring is 1. The van der Waals surface area contributed by atoms with Gasteiger partial charge in [-0.25, -0.2) is 8.42 Å². The Morgan fingerprint density at radius 3 is 2.48 bits per heavy atom. The van der Waals surface area contributed by atoms with Gasteiger partial charge in [0, 0.05) is 27.0 Å². The van der Waals surface area contributed by atoms with Crippen LogP contribution in [0.1, 0.15) is 22.7 Å². The van der Waals surface area contributed by atoms with E-state index in [4.69, 9.17) is 5.73 Å². The van der Waals surface area contributed by atoms with Crippen LogP contribution < -0.4 is 5.73 Å². The molecule has 4 nitrogen and oxygen atoms in total. The summed E-state index contributed by atoms with van der Waals surface area (Å²) in [5, 5.41) is 0. The molecular weight excluding hydrogens is 372 g/mol. The Bertz CT molecular complexity index is 756. The SMILES string of the molecule is Cc1ccc(C(C)N(C)S(=O)(=O)c2ccc(N)c(Br)c2)s1. The fourth-order valence-corrected chi connectivity index (χ4v) is 4.84. The number of nitrogens with two attached hydrogens (primary N) is 1. The number of anilines is 1. The molecule has 7 heteroatoms. The van der Waals surface area contributed by atoms with Crippen molar-refractivity contribution in [1.82, 2.24) is 4.31 Å². The Labute approximate surface area is 137 Å². The van der Waals surface area contributed by atoms with Crippen LogP contribution in [0.2, 0.25) is 0 Å². The summed E-state index contributed by atoms with van der Waals surface area (Å²) in [5.41, 5.74) is 6.22. The second kappa shape index (κ2) is 6.08. The number of aryl methyl sites for hydroxylation is 1. The monoisotopic (exact) mass is 388 g/mol. The van der Waals surface area contributed by atoms with E-state index in [0.717, 1.165) is 9.75 Å². The van der Waals surface area contributed by atoms with Crippen molar-refractivity contribution in [2.45, 2.75) is 24.8 Å². The van der Waals surface area contributed by atoms with E-state index >= 15 is 0 Å². The molecule has 1 aromatic carbocycles. The van der Waals surface area contributed by atoms with Gasteiger partial charge in [0.1, 0.15) is 0 Å². The Kier molecular flexibility index (Phi) is 4.77. The minimum atomic E-state index is -3.56. The summed E-state index contributed by atoms with van der Waals surface area (Å²) in [6.07, 6.45) is 0. The van der Waals surface area contributed by atoms with Crippen molar-refractivity contribution in [3.05, 3.63) is 44.6 Å². The van der Waals surface area contributed by atoms with Crippen molar-refractivity contribution in [3.63, 3.8) is 0 Å². The summed E-state index contributed by atoms with van der Waals surface area (Å²) in [4.78, 5) is 2.41. The van der Waals surface area contributed by atoms with Crippen LogP contribution in [-0.4, -0.2) is 19.8 Å². The van der Waals surface area contributed by atoms with Gasteiger partial charge in [-0.3, -0.25) is 0 Å². The van der Waals surface area contributed by atoms with Gasteiger partial charge in [-0.1, -0.05) is 0 Å². The lowest BCUT2D eigenvalue weighted by Crippen LogP contribution is -2.29. The van der Waals surface area contributed by atoms with E-state index in [9.17, 15) is 8.42 Å². The van der Waals surface area contributed by atoms with Gasteiger partial charge >= 0.3 is 0 Å². The topological polar surface area (TPSA) is 63.4 Å². The molecule has 0 spiro atoms. The van der Waals surface area contributed by atoms with Crippen LogP contribution in [0.5, 0.6) is 0 Å². The highest BCUT2D eigenvalue weighted by molar-refractivity contribution is 9.10. The molecule has 1 atom stereocenters. The maximum atomic E-state index is 12.7. The van der Waals surface area contributed by atoms with Crippen molar-refractivity contribution >= 4 is 43.0 Å². The maximum absolute atomic E-state index is 12.7. The molecule has 1 heterocycles.